The molecule has 0 unspecified atom stereocenters. The molecule has 0 aliphatic heterocycles. The van der Waals surface area contributed by atoms with Crippen LogP contribution in [-0.4, -0.2) is 45.5 Å². The molecule has 0 aliphatic rings. The SMILES string of the molecule is CCOc1cc(CNCCOC)ccc1OCCCSC. The lowest BCUT2D eigenvalue weighted by Gasteiger charge is -2.13. The molecule has 0 aliphatic carbocycles. The molecule has 1 aromatic carbocycles. The van der Waals surface area contributed by atoms with Crippen LogP contribution < -0.4 is 14.8 Å². The molecule has 0 bridgehead atoms. The number of nitrogens with one attached hydrogen (secondary N) is 1. The molecule has 0 fully saturated rings. The standard InChI is InChI=1S/C16H27NO3S/c1-4-19-16-12-14(13-17-8-10-18-2)6-7-15(16)20-9-5-11-21-3/h6-7,12,17H,4-5,8-11,13H2,1-3H3. The van der Waals surface area contributed by atoms with Crippen molar-refractivity contribution in [2.24, 2.45) is 0 Å². The highest BCUT2D eigenvalue weighted by Gasteiger charge is 2.06. The first-order chi connectivity index (χ1) is 10.3. The molecule has 0 atom stereocenters. The second-order valence-electron chi connectivity index (χ2n) is 4.58. The summed E-state index contributed by atoms with van der Waals surface area (Å²) in [7, 11) is 1.71. The molecule has 1 aromatic rings. The van der Waals surface area contributed by atoms with Gasteiger partial charge in [0.25, 0.3) is 0 Å². The van der Waals surface area contributed by atoms with Crippen LogP contribution in [0.3, 0.4) is 0 Å². The lowest BCUT2D eigenvalue weighted by molar-refractivity contribution is 0.199. The van der Waals surface area contributed by atoms with Crippen molar-refractivity contribution in [3.05, 3.63) is 23.8 Å². The first-order valence-electron chi connectivity index (χ1n) is 7.39. The Kier molecular flexibility index (Phi) is 10.1. The number of ether oxygens (including phenoxy) is 3. The fourth-order valence-electron chi connectivity index (χ4n) is 1.84. The Bertz CT molecular complexity index is 388. The third-order valence-corrected chi connectivity index (χ3v) is 3.57. The lowest BCUT2D eigenvalue weighted by Crippen LogP contribution is -2.18. The van der Waals surface area contributed by atoms with Crippen LogP contribution in [0.15, 0.2) is 18.2 Å². The van der Waals surface area contributed by atoms with Gasteiger partial charge in [0.1, 0.15) is 0 Å². The Morgan fingerprint density at radius 1 is 1.14 bits per heavy atom. The third-order valence-electron chi connectivity index (χ3n) is 2.87. The fraction of sp³-hybridized carbons (Fsp3) is 0.625. The minimum Gasteiger partial charge on any atom is -0.490 e. The lowest BCUT2D eigenvalue weighted by atomic mass is 10.2. The minimum absolute atomic E-state index is 0.641. The third kappa shape index (κ3) is 7.60. The van der Waals surface area contributed by atoms with Crippen LogP contribution in [0.1, 0.15) is 18.9 Å². The van der Waals surface area contributed by atoms with Gasteiger partial charge in [0, 0.05) is 20.2 Å². The van der Waals surface area contributed by atoms with Crippen LogP contribution in [0.2, 0.25) is 0 Å². The maximum Gasteiger partial charge on any atom is 0.161 e. The summed E-state index contributed by atoms with van der Waals surface area (Å²) < 4.78 is 16.5. The second-order valence-corrected chi connectivity index (χ2v) is 5.56. The summed E-state index contributed by atoms with van der Waals surface area (Å²) in [4.78, 5) is 0. The van der Waals surface area contributed by atoms with Crippen LogP contribution in [0.4, 0.5) is 0 Å². The number of rotatable bonds is 12. The van der Waals surface area contributed by atoms with Gasteiger partial charge in [0.15, 0.2) is 11.5 Å². The molecule has 0 heterocycles. The second kappa shape index (κ2) is 11.7. The van der Waals surface area contributed by atoms with E-state index in [9.17, 15) is 0 Å². The highest BCUT2D eigenvalue weighted by molar-refractivity contribution is 7.98. The monoisotopic (exact) mass is 313 g/mol. The molecule has 0 amide bonds. The van der Waals surface area contributed by atoms with Gasteiger partial charge in [-0.05, 0) is 43.0 Å². The molecular weight excluding hydrogens is 286 g/mol. The Labute approximate surface area is 132 Å². The summed E-state index contributed by atoms with van der Waals surface area (Å²) in [6, 6.07) is 6.12. The molecule has 0 spiro atoms. The van der Waals surface area contributed by atoms with E-state index in [1.807, 2.05) is 30.8 Å². The molecule has 0 saturated carbocycles. The summed E-state index contributed by atoms with van der Waals surface area (Å²) >= 11 is 1.84. The minimum atomic E-state index is 0.641. The Morgan fingerprint density at radius 3 is 2.71 bits per heavy atom. The summed E-state index contributed by atoms with van der Waals surface area (Å²) in [5.41, 5.74) is 1.19. The van der Waals surface area contributed by atoms with Crippen molar-refractivity contribution >= 4 is 11.8 Å². The molecule has 0 radical (unpaired) electrons. The van der Waals surface area contributed by atoms with Crippen LogP contribution in [0.5, 0.6) is 11.5 Å². The van der Waals surface area contributed by atoms with E-state index in [0.717, 1.165) is 50.0 Å². The summed E-state index contributed by atoms with van der Waals surface area (Å²) in [6.07, 6.45) is 3.16. The van der Waals surface area contributed by atoms with Gasteiger partial charge >= 0.3 is 0 Å². The zero-order chi connectivity index (χ0) is 15.3. The number of thioether (sulfide) groups is 1. The van der Waals surface area contributed by atoms with Crippen molar-refractivity contribution in [2.75, 3.05) is 45.5 Å². The predicted molar refractivity (Wildman–Crippen MR) is 89.7 cm³/mol. The Morgan fingerprint density at radius 2 is 2.00 bits per heavy atom. The van der Waals surface area contributed by atoms with E-state index >= 15 is 0 Å². The van der Waals surface area contributed by atoms with Gasteiger partial charge in [-0.2, -0.15) is 11.8 Å². The van der Waals surface area contributed by atoms with Crippen molar-refractivity contribution in [3.63, 3.8) is 0 Å². The van der Waals surface area contributed by atoms with Crippen molar-refractivity contribution in [1.82, 2.24) is 5.32 Å². The van der Waals surface area contributed by atoms with Gasteiger partial charge in [0.05, 0.1) is 19.8 Å². The number of hydrogen-bond donors (Lipinski definition) is 1. The molecule has 4 nitrogen and oxygen atoms in total. The highest BCUT2D eigenvalue weighted by atomic mass is 32.2. The van der Waals surface area contributed by atoms with E-state index in [-0.39, 0.29) is 0 Å². The van der Waals surface area contributed by atoms with Crippen molar-refractivity contribution < 1.29 is 14.2 Å². The van der Waals surface area contributed by atoms with Crippen molar-refractivity contribution in [3.8, 4) is 11.5 Å². The molecular formula is C16H27NO3S. The van der Waals surface area contributed by atoms with Gasteiger partial charge in [-0.15, -0.1) is 0 Å². The van der Waals surface area contributed by atoms with Gasteiger partial charge in [-0.1, -0.05) is 6.07 Å². The molecule has 5 heteroatoms. The number of benzene rings is 1. The average molecular weight is 313 g/mol. The fourth-order valence-corrected chi connectivity index (χ4v) is 2.25. The van der Waals surface area contributed by atoms with E-state index in [0.29, 0.717) is 6.61 Å². The largest absolute Gasteiger partial charge is 0.490 e. The van der Waals surface area contributed by atoms with Gasteiger partial charge < -0.3 is 19.5 Å². The molecule has 1 N–H and O–H groups in total. The summed E-state index contributed by atoms with van der Waals surface area (Å²) in [5.74, 6) is 2.78. The quantitative estimate of drug-likeness (QED) is 0.601. The smallest absolute Gasteiger partial charge is 0.161 e. The highest BCUT2D eigenvalue weighted by Crippen LogP contribution is 2.28. The van der Waals surface area contributed by atoms with E-state index in [1.165, 1.54) is 5.56 Å². The molecule has 21 heavy (non-hydrogen) atoms. The summed E-state index contributed by atoms with van der Waals surface area (Å²) in [5, 5.41) is 3.33. The van der Waals surface area contributed by atoms with Gasteiger partial charge in [0.2, 0.25) is 0 Å². The Hall–Kier alpha value is -0.910. The zero-order valence-electron chi connectivity index (χ0n) is 13.3. The van der Waals surface area contributed by atoms with E-state index in [2.05, 4.69) is 17.6 Å². The van der Waals surface area contributed by atoms with Crippen molar-refractivity contribution in [2.45, 2.75) is 19.9 Å². The normalized spacial score (nSPS) is 10.6. The maximum absolute atomic E-state index is 5.81. The molecule has 120 valence electrons. The molecule has 0 aromatic heterocycles. The van der Waals surface area contributed by atoms with Crippen LogP contribution in [0, 0.1) is 0 Å². The topological polar surface area (TPSA) is 39.7 Å². The summed E-state index contributed by atoms with van der Waals surface area (Å²) in [6.45, 7) is 5.72. The van der Waals surface area contributed by atoms with E-state index in [1.54, 1.807) is 7.11 Å². The zero-order valence-corrected chi connectivity index (χ0v) is 14.1. The molecule has 0 saturated heterocycles. The van der Waals surface area contributed by atoms with Gasteiger partial charge in [-0.3, -0.25) is 0 Å². The maximum atomic E-state index is 5.81. The Balaban J connectivity index is 2.54. The first kappa shape index (κ1) is 18.1. The van der Waals surface area contributed by atoms with Crippen LogP contribution in [0.25, 0.3) is 0 Å². The van der Waals surface area contributed by atoms with E-state index in [4.69, 9.17) is 14.2 Å². The predicted octanol–water partition coefficient (Wildman–Crippen LogP) is 2.95. The van der Waals surface area contributed by atoms with Crippen LogP contribution in [-0.2, 0) is 11.3 Å². The first-order valence-corrected chi connectivity index (χ1v) is 8.78. The average Bonchev–Trinajstić information content (AvgIpc) is 2.50. The van der Waals surface area contributed by atoms with E-state index < -0.39 is 0 Å². The number of hydrogen-bond acceptors (Lipinski definition) is 5. The number of methoxy groups -OCH3 is 1. The van der Waals surface area contributed by atoms with Gasteiger partial charge in [-0.25, -0.2) is 0 Å². The van der Waals surface area contributed by atoms with Crippen LogP contribution >= 0.6 is 11.8 Å². The molecule has 1 rings (SSSR count). The van der Waals surface area contributed by atoms with Crippen molar-refractivity contribution in [1.29, 1.82) is 0 Å².